The summed E-state index contributed by atoms with van der Waals surface area (Å²) < 4.78 is 326. The van der Waals surface area contributed by atoms with Gasteiger partial charge in [0.15, 0.2) is 98.8 Å². The van der Waals surface area contributed by atoms with Crippen LogP contribution in [-0.2, 0) is 5.92 Å². The molecule has 6 aromatic rings. The molecular formula is C37H6BF21O2. The molecule has 0 heterocycles. The van der Waals surface area contributed by atoms with Gasteiger partial charge in [-0.2, -0.15) is 13.2 Å². The van der Waals surface area contributed by atoms with E-state index in [2.05, 4.69) is 0 Å². The van der Waals surface area contributed by atoms with E-state index in [4.69, 9.17) is 9.31 Å². The fourth-order valence-electron chi connectivity index (χ4n) is 6.41. The van der Waals surface area contributed by atoms with Crippen LogP contribution in [0.3, 0.4) is 0 Å². The Morgan fingerprint density at radius 3 is 1.36 bits per heavy atom. The normalized spacial score (nSPS) is 12.8. The van der Waals surface area contributed by atoms with Crippen molar-refractivity contribution in [2.45, 2.75) is 5.92 Å². The van der Waals surface area contributed by atoms with Crippen LogP contribution < -0.4 is 14.8 Å². The lowest BCUT2D eigenvalue weighted by Gasteiger charge is -2.25. The van der Waals surface area contributed by atoms with Crippen LogP contribution in [0.1, 0.15) is 11.1 Å². The Bertz CT molecular complexity index is 2890. The second kappa shape index (κ2) is 14.6. The van der Waals surface area contributed by atoms with Gasteiger partial charge in [-0.1, -0.05) is 18.2 Å². The largest absolute Gasteiger partial charge is 0.636 e. The van der Waals surface area contributed by atoms with Crippen LogP contribution in [0.2, 0.25) is 0 Å². The highest BCUT2D eigenvalue weighted by atomic mass is 19.3. The van der Waals surface area contributed by atoms with Gasteiger partial charge in [0.25, 0.3) is 0 Å². The maximum absolute atomic E-state index is 16.3. The van der Waals surface area contributed by atoms with Crippen molar-refractivity contribution in [1.82, 2.24) is 0 Å². The number of rotatable bonds is 7. The average molecular weight is 892 g/mol. The van der Waals surface area contributed by atoms with E-state index in [-0.39, 0.29) is 6.07 Å². The molecule has 0 aliphatic heterocycles. The summed E-state index contributed by atoms with van der Waals surface area (Å²) in [6, 6.07) is 3.52. The van der Waals surface area contributed by atoms with Crippen molar-refractivity contribution in [3.05, 3.63) is 158 Å². The van der Waals surface area contributed by atoms with E-state index in [0.717, 1.165) is 12.1 Å². The van der Waals surface area contributed by atoms with Crippen molar-refractivity contribution in [2.75, 3.05) is 0 Å². The lowest BCUT2D eigenvalue weighted by Crippen LogP contribution is -2.49. The minimum absolute atomic E-state index is 0.245. The SMILES string of the molecule is Fc1ccc(-c2ccccc2OB(Oc2c(F)c(F)c(F)c(F)c2-c2c(F)c(F)c(F)c(F)c2F)c2c(F)c(F)c(F)c3c2C(F)(F)c2c(F)c(F)c(F)c(F)c2-3)c(F)c1F. The van der Waals surface area contributed by atoms with Gasteiger partial charge in [-0.3, -0.25) is 0 Å². The lowest BCUT2D eigenvalue weighted by atomic mass is 9.72. The molecule has 1 aliphatic rings. The first-order valence-corrected chi connectivity index (χ1v) is 15.9. The second-order valence-electron chi connectivity index (χ2n) is 12.4. The van der Waals surface area contributed by atoms with Gasteiger partial charge >= 0.3 is 13.0 Å². The van der Waals surface area contributed by atoms with Crippen LogP contribution in [0, 0.1) is 111 Å². The molecular weight excluding hydrogens is 886 g/mol. The molecule has 0 N–H and O–H groups in total. The lowest BCUT2D eigenvalue weighted by molar-refractivity contribution is 0.0433. The van der Waals surface area contributed by atoms with Crippen molar-refractivity contribution in [1.29, 1.82) is 0 Å². The Morgan fingerprint density at radius 1 is 0.344 bits per heavy atom. The van der Waals surface area contributed by atoms with Gasteiger partial charge in [-0.25, -0.2) is 79.0 Å². The summed E-state index contributed by atoms with van der Waals surface area (Å²) >= 11 is 0. The third kappa shape index (κ3) is 6.03. The fourth-order valence-corrected chi connectivity index (χ4v) is 6.41. The molecule has 0 saturated heterocycles. The standard InChI is InChI=1S/C37H6BF21O2/c39-9-6-5-8(18(40)19(9)41)7-3-1-2-4-10(7)60-38(61-36-14(24(46)31(53)34(56)35(36)57)13-22(44)29(51)33(55)30(52)23(13)45)17-15-11(20(42)27(49)26(17)48)12-16(37(15,58)59)25(47)32(54)28(50)21(12)43/h1-6H. The predicted octanol–water partition coefficient (Wildman–Crippen LogP) is 11.6. The first-order chi connectivity index (χ1) is 28.5. The van der Waals surface area contributed by atoms with Gasteiger partial charge in [-0.15, -0.1) is 0 Å². The molecule has 0 unspecified atom stereocenters. The van der Waals surface area contributed by atoms with Crippen molar-refractivity contribution in [2.24, 2.45) is 0 Å². The number of hydrogen-bond donors (Lipinski definition) is 0. The highest BCUT2D eigenvalue weighted by molar-refractivity contribution is 6.64. The summed E-state index contributed by atoms with van der Waals surface area (Å²) in [5, 5.41) is 0. The van der Waals surface area contributed by atoms with Gasteiger partial charge in [0, 0.05) is 27.8 Å². The van der Waals surface area contributed by atoms with Crippen LogP contribution in [0.25, 0.3) is 33.4 Å². The zero-order valence-corrected chi connectivity index (χ0v) is 28.3. The molecule has 0 fully saturated rings. The predicted molar refractivity (Wildman–Crippen MR) is 164 cm³/mol. The van der Waals surface area contributed by atoms with Gasteiger partial charge < -0.3 is 9.31 Å². The van der Waals surface area contributed by atoms with Crippen LogP contribution in [-0.4, -0.2) is 7.12 Å². The first kappa shape index (κ1) is 42.6. The maximum Gasteiger partial charge on any atom is 0.636 e. The Kier molecular flexibility index (Phi) is 10.2. The minimum Gasteiger partial charge on any atom is -0.521 e. The molecule has 0 amide bonds. The van der Waals surface area contributed by atoms with E-state index in [9.17, 15) is 39.5 Å². The fraction of sp³-hybridized carbons (Fsp3) is 0.0270. The zero-order chi connectivity index (χ0) is 45.1. The summed E-state index contributed by atoms with van der Waals surface area (Å²) in [7, 11) is -3.96. The van der Waals surface area contributed by atoms with E-state index in [0.29, 0.717) is 18.2 Å². The number of benzene rings is 6. The van der Waals surface area contributed by atoms with Crippen molar-refractivity contribution >= 4 is 12.6 Å². The third-order valence-corrected chi connectivity index (χ3v) is 9.10. The number of halogens is 21. The molecule has 0 bridgehead atoms. The molecule has 0 radical (unpaired) electrons. The smallest absolute Gasteiger partial charge is 0.521 e. The molecule has 0 aromatic heterocycles. The van der Waals surface area contributed by atoms with Crippen LogP contribution in [0.15, 0.2) is 36.4 Å². The molecule has 0 saturated carbocycles. The van der Waals surface area contributed by atoms with Crippen LogP contribution in [0.5, 0.6) is 11.5 Å². The third-order valence-electron chi connectivity index (χ3n) is 9.10. The van der Waals surface area contributed by atoms with Crippen molar-refractivity contribution < 1.29 is 102 Å². The molecule has 61 heavy (non-hydrogen) atoms. The number of alkyl halides is 2. The summed E-state index contributed by atoms with van der Waals surface area (Å²) in [5.41, 5.74) is -20.4. The molecule has 1 aliphatic carbocycles. The van der Waals surface area contributed by atoms with E-state index in [1.54, 1.807) is 0 Å². The van der Waals surface area contributed by atoms with E-state index in [1.165, 1.54) is 0 Å². The Labute approximate surface area is 323 Å². The van der Waals surface area contributed by atoms with Gasteiger partial charge in [0.05, 0.1) is 22.2 Å². The summed E-state index contributed by atoms with van der Waals surface area (Å²) in [5.74, 6) is -65.2. The first-order valence-electron chi connectivity index (χ1n) is 15.9. The van der Waals surface area contributed by atoms with E-state index < -0.39 is 185 Å². The molecule has 316 valence electrons. The summed E-state index contributed by atoms with van der Waals surface area (Å²) in [6.45, 7) is 0. The maximum atomic E-state index is 16.3. The van der Waals surface area contributed by atoms with E-state index >= 15 is 52.7 Å². The topological polar surface area (TPSA) is 18.5 Å². The Balaban J connectivity index is 1.62. The quantitative estimate of drug-likeness (QED) is 0.0688. The highest BCUT2D eigenvalue weighted by Crippen LogP contribution is 2.55. The van der Waals surface area contributed by atoms with E-state index in [1.807, 2.05) is 0 Å². The van der Waals surface area contributed by atoms with Gasteiger partial charge in [0.2, 0.25) is 17.5 Å². The average Bonchev–Trinajstić information content (AvgIpc) is 3.48. The molecule has 0 atom stereocenters. The highest BCUT2D eigenvalue weighted by Gasteiger charge is 2.57. The van der Waals surface area contributed by atoms with Crippen LogP contribution >= 0.6 is 0 Å². The number of fused-ring (bicyclic) bond motifs is 3. The molecule has 24 heteroatoms. The Morgan fingerprint density at radius 2 is 0.787 bits per heavy atom. The van der Waals surface area contributed by atoms with Crippen molar-refractivity contribution in [3.8, 4) is 44.9 Å². The summed E-state index contributed by atoms with van der Waals surface area (Å²) in [6.07, 6.45) is 0. The molecule has 2 nitrogen and oxygen atoms in total. The molecule has 6 aromatic carbocycles. The van der Waals surface area contributed by atoms with Gasteiger partial charge in [0.1, 0.15) is 5.75 Å². The van der Waals surface area contributed by atoms with Crippen molar-refractivity contribution in [3.63, 3.8) is 0 Å². The molecule has 0 spiro atoms. The number of hydrogen-bond acceptors (Lipinski definition) is 2. The monoisotopic (exact) mass is 892 g/mol. The summed E-state index contributed by atoms with van der Waals surface area (Å²) in [4.78, 5) is 0. The molecule has 7 rings (SSSR count). The Hall–Kier alpha value is -6.49. The minimum atomic E-state index is -5.70. The van der Waals surface area contributed by atoms with Gasteiger partial charge in [-0.05, 0) is 18.2 Å². The number of para-hydroxylation sites is 1. The second-order valence-corrected chi connectivity index (χ2v) is 12.4. The zero-order valence-electron chi connectivity index (χ0n) is 28.3. The van der Waals surface area contributed by atoms with Crippen LogP contribution in [0.4, 0.5) is 92.2 Å².